The summed E-state index contributed by atoms with van der Waals surface area (Å²) in [5.41, 5.74) is 0. The highest BCUT2D eigenvalue weighted by Crippen LogP contribution is 2.44. The molecule has 2 saturated carbocycles. The van der Waals surface area contributed by atoms with Gasteiger partial charge in [-0.25, -0.2) is 0 Å². The molecular weight excluding hydrogens is 262 g/mol. The third-order valence-corrected chi connectivity index (χ3v) is 5.54. The summed E-state index contributed by atoms with van der Waals surface area (Å²) >= 11 is 0. The van der Waals surface area contributed by atoms with E-state index in [1.54, 1.807) is 0 Å². The first kappa shape index (κ1) is 15.1. The molecule has 0 spiro atoms. The fourth-order valence-electron chi connectivity index (χ4n) is 4.18. The average Bonchev–Trinajstić information content (AvgIpc) is 3.11. The molecule has 1 N–H and O–H groups in total. The van der Waals surface area contributed by atoms with E-state index >= 15 is 0 Å². The lowest BCUT2D eigenvalue weighted by Crippen LogP contribution is -2.43. The highest BCUT2D eigenvalue weighted by molar-refractivity contribution is 5.80. The number of nitrogens with zero attached hydrogens (tertiary/aromatic N) is 2. The lowest BCUT2D eigenvalue weighted by atomic mass is 9.85. The molecule has 0 bridgehead atoms. The fraction of sp³-hybridized carbons (Fsp3) is 0.941. The molecule has 0 aromatic carbocycles. The largest absolute Gasteiger partial charge is 0.381 e. The minimum Gasteiger partial charge on any atom is -0.381 e. The van der Waals surface area contributed by atoms with Gasteiger partial charge >= 0.3 is 0 Å². The van der Waals surface area contributed by atoms with Gasteiger partial charge in [-0.15, -0.1) is 0 Å². The van der Waals surface area contributed by atoms with Crippen molar-refractivity contribution in [3.8, 4) is 0 Å². The van der Waals surface area contributed by atoms with Gasteiger partial charge in [-0.05, 0) is 24.7 Å². The third kappa shape index (κ3) is 3.91. The average molecular weight is 293 g/mol. The Bertz CT molecular complexity index is 359. The van der Waals surface area contributed by atoms with Crippen LogP contribution in [-0.2, 0) is 4.74 Å². The number of rotatable bonds is 4. The van der Waals surface area contributed by atoms with Gasteiger partial charge in [-0.3, -0.25) is 4.99 Å². The van der Waals surface area contributed by atoms with Crippen LogP contribution in [0.1, 0.15) is 44.9 Å². The summed E-state index contributed by atoms with van der Waals surface area (Å²) in [5, 5.41) is 3.70. The Morgan fingerprint density at radius 1 is 1.24 bits per heavy atom. The van der Waals surface area contributed by atoms with Crippen LogP contribution in [0.25, 0.3) is 0 Å². The Labute approximate surface area is 129 Å². The zero-order chi connectivity index (χ0) is 14.7. The normalized spacial score (nSPS) is 34.0. The Hall–Kier alpha value is -0.770. The van der Waals surface area contributed by atoms with E-state index in [1.807, 2.05) is 7.05 Å². The molecule has 120 valence electrons. The summed E-state index contributed by atoms with van der Waals surface area (Å²) in [6.45, 7) is 2.90. The van der Waals surface area contributed by atoms with Crippen molar-refractivity contribution in [2.75, 3.05) is 33.9 Å². The molecule has 3 aliphatic rings. The van der Waals surface area contributed by atoms with Gasteiger partial charge in [-0.1, -0.05) is 32.1 Å². The Morgan fingerprint density at radius 2 is 2.05 bits per heavy atom. The molecule has 3 fully saturated rings. The van der Waals surface area contributed by atoms with Gasteiger partial charge in [0.15, 0.2) is 5.96 Å². The lowest BCUT2D eigenvalue weighted by Gasteiger charge is -2.26. The van der Waals surface area contributed by atoms with Crippen molar-refractivity contribution < 1.29 is 4.74 Å². The molecule has 1 aliphatic heterocycles. The van der Waals surface area contributed by atoms with Crippen molar-refractivity contribution in [3.63, 3.8) is 0 Å². The second kappa shape index (κ2) is 6.99. The monoisotopic (exact) mass is 293 g/mol. The molecule has 2 aliphatic carbocycles. The van der Waals surface area contributed by atoms with Crippen LogP contribution in [0.2, 0.25) is 0 Å². The molecule has 21 heavy (non-hydrogen) atoms. The maximum atomic E-state index is 5.47. The lowest BCUT2D eigenvalue weighted by molar-refractivity contribution is 0.181. The number of nitrogens with one attached hydrogen (secondary N) is 1. The molecule has 3 rings (SSSR count). The quantitative estimate of drug-likeness (QED) is 0.639. The Morgan fingerprint density at radius 3 is 2.71 bits per heavy atom. The fourth-order valence-corrected chi connectivity index (χ4v) is 4.18. The first-order chi connectivity index (χ1) is 10.3. The van der Waals surface area contributed by atoms with Crippen LogP contribution in [-0.4, -0.2) is 50.8 Å². The molecule has 1 saturated heterocycles. The van der Waals surface area contributed by atoms with Crippen LogP contribution in [0.15, 0.2) is 4.99 Å². The van der Waals surface area contributed by atoms with Crippen molar-refractivity contribution in [1.82, 2.24) is 10.2 Å². The topological polar surface area (TPSA) is 36.9 Å². The van der Waals surface area contributed by atoms with Crippen molar-refractivity contribution in [3.05, 3.63) is 0 Å². The molecule has 4 nitrogen and oxygen atoms in total. The van der Waals surface area contributed by atoms with Crippen molar-refractivity contribution in [2.24, 2.45) is 22.7 Å². The van der Waals surface area contributed by atoms with Gasteiger partial charge in [0, 0.05) is 39.2 Å². The van der Waals surface area contributed by atoms with Gasteiger partial charge in [0.2, 0.25) is 0 Å². The molecular formula is C17H31N3O. The van der Waals surface area contributed by atoms with Crippen LogP contribution >= 0.6 is 0 Å². The van der Waals surface area contributed by atoms with E-state index in [1.165, 1.54) is 44.9 Å². The molecule has 3 unspecified atom stereocenters. The minimum atomic E-state index is 0.668. The minimum absolute atomic E-state index is 0.668. The summed E-state index contributed by atoms with van der Waals surface area (Å²) in [7, 11) is 4.06. The molecule has 3 atom stereocenters. The Kier molecular flexibility index (Phi) is 5.04. The smallest absolute Gasteiger partial charge is 0.193 e. The zero-order valence-electron chi connectivity index (χ0n) is 13.7. The second-order valence-corrected chi connectivity index (χ2v) is 7.21. The van der Waals surface area contributed by atoms with Crippen LogP contribution in [0.5, 0.6) is 0 Å². The summed E-state index contributed by atoms with van der Waals surface area (Å²) < 4.78 is 5.47. The van der Waals surface area contributed by atoms with E-state index in [0.717, 1.165) is 37.6 Å². The Balaban J connectivity index is 1.44. The first-order valence-electron chi connectivity index (χ1n) is 8.80. The summed E-state index contributed by atoms with van der Waals surface area (Å²) in [6, 6.07) is 0.675. The van der Waals surface area contributed by atoms with Crippen molar-refractivity contribution in [2.45, 2.75) is 51.0 Å². The van der Waals surface area contributed by atoms with Crippen LogP contribution in [0, 0.1) is 17.8 Å². The second-order valence-electron chi connectivity index (χ2n) is 7.21. The summed E-state index contributed by atoms with van der Waals surface area (Å²) in [5.74, 6) is 3.63. The van der Waals surface area contributed by atoms with Crippen molar-refractivity contribution >= 4 is 5.96 Å². The molecule has 4 heteroatoms. The highest BCUT2D eigenvalue weighted by atomic mass is 16.5. The van der Waals surface area contributed by atoms with Crippen LogP contribution < -0.4 is 5.32 Å². The standard InChI is InChI=1S/C17H31N3O/c1-18-17(20(2)11-13-8-9-21-12-13)19-16-10-15(16)14-6-4-3-5-7-14/h13-16H,3-12H2,1-2H3,(H,18,19). The maximum absolute atomic E-state index is 5.47. The van der Waals surface area contributed by atoms with E-state index in [0.29, 0.717) is 12.0 Å². The van der Waals surface area contributed by atoms with E-state index in [-0.39, 0.29) is 0 Å². The highest BCUT2D eigenvalue weighted by Gasteiger charge is 2.43. The van der Waals surface area contributed by atoms with Crippen molar-refractivity contribution in [1.29, 1.82) is 0 Å². The summed E-state index contributed by atoms with van der Waals surface area (Å²) in [4.78, 5) is 6.77. The van der Waals surface area contributed by atoms with Gasteiger partial charge < -0.3 is 15.0 Å². The predicted octanol–water partition coefficient (Wildman–Crippen LogP) is 2.50. The maximum Gasteiger partial charge on any atom is 0.193 e. The van der Waals surface area contributed by atoms with Crippen LogP contribution in [0.4, 0.5) is 0 Å². The summed E-state index contributed by atoms with van der Waals surface area (Å²) in [6.07, 6.45) is 9.80. The molecule has 0 amide bonds. The van der Waals surface area contributed by atoms with Gasteiger partial charge in [0.05, 0.1) is 6.61 Å². The number of ether oxygens (including phenoxy) is 1. The SMILES string of the molecule is CN=C(NC1CC1C1CCCCC1)N(C)CC1CCOC1. The number of aliphatic imine (C=N–C) groups is 1. The number of guanidine groups is 1. The number of hydrogen-bond acceptors (Lipinski definition) is 2. The molecule has 1 heterocycles. The van der Waals surface area contributed by atoms with E-state index in [9.17, 15) is 0 Å². The van der Waals surface area contributed by atoms with E-state index in [2.05, 4.69) is 22.3 Å². The van der Waals surface area contributed by atoms with Gasteiger partial charge in [0.1, 0.15) is 0 Å². The van der Waals surface area contributed by atoms with Crippen LogP contribution in [0.3, 0.4) is 0 Å². The first-order valence-corrected chi connectivity index (χ1v) is 8.80. The molecule has 0 radical (unpaired) electrons. The molecule has 0 aromatic heterocycles. The van der Waals surface area contributed by atoms with E-state index in [4.69, 9.17) is 4.74 Å². The predicted molar refractivity (Wildman–Crippen MR) is 86.5 cm³/mol. The zero-order valence-corrected chi connectivity index (χ0v) is 13.7. The van der Waals surface area contributed by atoms with E-state index < -0.39 is 0 Å². The molecule has 0 aromatic rings. The third-order valence-electron chi connectivity index (χ3n) is 5.54. The van der Waals surface area contributed by atoms with Gasteiger partial charge in [0.25, 0.3) is 0 Å². The number of hydrogen-bond donors (Lipinski definition) is 1. The van der Waals surface area contributed by atoms with Gasteiger partial charge in [-0.2, -0.15) is 0 Å².